The van der Waals surface area contributed by atoms with Crippen LogP contribution in [0, 0.1) is 12.3 Å². The number of aryl methyl sites for hydroxylation is 1. The molecule has 1 heterocycles. The summed E-state index contributed by atoms with van der Waals surface area (Å²) in [7, 11) is 0. The summed E-state index contributed by atoms with van der Waals surface area (Å²) in [6.07, 6.45) is 0.932. The predicted molar refractivity (Wildman–Crippen MR) is 87.1 cm³/mol. The molecule has 0 aromatic heterocycles. The second-order valence-electron chi connectivity index (χ2n) is 6.30. The lowest BCUT2D eigenvalue weighted by Gasteiger charge is -2.42. The number of aliphatic hydroxyl groups is 1. The summed E-state index contributed by atoms with van der Waals surface area (Å²) in [4.78, 5) is 13.7. The first-order chi connectivity index (χ1) is 10.4. The molecule has 22 heavy (non-hydrogen) atoms. The van der Waals surface area contributed by atoms with Crippen LogP contribution in [0.1, 0.15) is 37.3 Å². The Hall–Kier alpha value is -1.10. The van der Waals surface area contributed by atoms with E-state index < -0.39 is 17.5 Å². The highest BCUT2D eigenvalue weighted by Gasteiger charge is 2.47. The van der Waals surface area contributed by atoms with Crippen LogP contribution in [0.5, 0.6) is 0 Å². The fourth-order valence-electron chi connectivity index (χ4n) is 3.27. The quantitative estimate of drug-likeness (QED) is 0.873. The van der Waals surface area contributed by atoms with Crippen molar-refractivity contribution in [2.45, 2.75) is 45.8 Å². The van der Waals surface area contributed by atoms with Gasteiger partial charge in [-0.1, -0.05) is 37.1 Å². The number of carboxylic acid groups (broad SMARTS) is 1. The average Bonchev–Trinajstić information content (AvgIpc) is 2.46. The average molecular weight is 326 g/mol. The number of hydrogen-bond acceptors (Lipinski definition) is 3. The smallest absolute Gasteiger partial charge is 0.312 e. The molecule has 0 amide bonds. The second-order valence-corrected chi connectivity index (χ2v) is 6.70. The lowest BCUT2D eigenvalue weighted by molar-refractivity contribution is -0.164. The van der Waals surface area contributed by atoms with Gasteiger partial charge in [-0.15, -0.1) is 0 Å². The maximum atomic E-state index is 11.6. The molecule has 1 aromatic rings. The molecule has 1 fully saturated rings. The van der Waals surface area contributed by atoms with Crippen molar-refractivity contribution in [1.29, 1.82) is 0 Å². The van der Waals surface area contributed by atoms with E-state index in [1.54, 1.807) is 0 Å². The van der Waals surface area contributed by atoms with E-state index in [1.165, 1.54) is 0 Å². The summed E-state index contributed by atoms with van der Waals surface area (Å²) in [5, 5.41) is 20.7. The van der Waals surface area contributed by atoms with Gasteiger partial charge in [0, 0.05) is 18.1 Å². The molecule has 1 saturated heterocycles. The number of aliphatic carboxylic acids is 1. The van der Waals surface area contributed by atoms with E-state index in [1.807, 2.05) is 32.0 Å². The first-order valence-electron chi connectivity index (χ1n) is 7.78. The van der Waals surface area contributed by atoms with Crippen molar-refractivity contribution in [1.82, 2.24) is 4.90 Å². The molecular formula is C17H24ClNO3. The van der Waals surface area contributed by atoms with Gasteiger partial charge >= 0.3 is 5.97 Å². The lowest BCUT2D eigenvalue weighted by atomic mass is 9.73. The van der Waals surface area contributed by atoms with Crippen LogP contribution in [0.4, 0.5) is 0 Å². The van der Waals surface area contributed by atoms with E-state index in [0.717, 1.165) is 22.6 Å². The van der Waals surface area contributed by atoms with Gasteiger partial charge in [0.2, 0.25) is 0 Å². The Kier molecular flexibility index (Phi) is 5.48. The van der Waals surface area contributed by atoms with Crippen LogP contribution in [0.15, 0.2) is 18.2 Å². The summed E-state index contributed by atoms with van der Waals surface area (Å²) >= 11 is 6.14. The zero-order chi connectivity index (χ0) is 16.3. The maximum absolute atomic E-state index is 11.6. The van der Waals surface area contributed by atoms with E-state index in [0.29, 0.717) is 32.5 Å². The molecule has 0 bridgehead atoms. The van der Waals surface area contributed by atoms with Gasteiger partial charge in [0.1, 0.15) is 0 Å². The molecule has 4 nitrogen and oxygen atoms in total. The van der Waals surface area contributed by atoms with Gasteiger partial charge in [-0.3, -0.25) is 9.69 Å². The van der Waals surface area contributed by atoms with Crippen molar-refractivity contribution in [2.75, 3.05) is 13.1 Å². The largest absolute Gasteiger partial charge is 0.481 e. The van der Waals surface area contributed by atoms with Crippen LogP contribution in [-0.4, -0.2) is 40.3 Å². The van der Waals surface area contributed by atoms with E-state index in [4.69, 9.17) is 11.6 Å². The Morgan fingerprint density at radius 1 is 1.50 bits per heavy atom. The molecule has 1 aromatic carbocycles. The number of piperidine rings is 1. The number of rotatable bonds is 5. The highest BCUT2D eigenvalue weighted by Crippen LogP contribution is 2.37. The molecule has 1 aliphatic heterocycles. The van der Waals surface area contributed by atoms with Crippen molar-refractivity contribution in [3.8, 4) is 0 Å². The first kappa shape index (κ1) is 17.3. The summed E-state index contributed by atoms with van der Waals surface area (Å²) in [5.74, 6) is -0.875. The highest BCUT2D eigenvalue weighted by atomic mass is 35.5. The Morgan fingerprint density at radius 3 is 2.77 bits per heavy atom. The molecule has 0 spiro atoms. The fraction of sp³-hybridized carbons (Fsp3) is 0.588. The topological polar surface area (TPSA) is 60.8 Å². The Morgan fingerprint density at radius 2 is 2.23 bits per heavy atom. The second kappa shape index (κ2) is 6.99. The molecule has 5 heteroatoms. The van der Waals surface area contributed by atoms with Gasteiger partial charge in [-0.2, -0.15) is 0 Å². The minimum absolute atomic E-state index is 0.387. The number of halogens is 1. The number of likely N-dealkylation sites (tertiary alicyclic amines) is 1. The lowest BCUT2D eigenvalue weighted by Crippen LogP contribution is -2.54. The molecule has 1 unspecified atom stereocenters. The van der Waals surface area contributed by atoms with Gasteiger partial charge in [-0.25, -0.2) is 0 Å². The van der Waals surface area contributed by atoms with Crippen LogP contribution < -0.4 is 0 Å². The SMILES string of the molecule is CCC[C@]1(C(=O)O)CCN(Cc2ccc(C)c(Cl)c2)CC1O. The van der Waals surface area contributed by atoms with Crippen LogP contribution in [0.2, 0.25) is 5.02 Å². The van der Waals surface area contributed by atoms with Gasteiger partial charge in [0.25, 0.3) is 0 Å². The number of hydrogen-bond donors (Lipinski definition) is 2. The number of carboxylic acids is 1. The summed E-state index contributed by atoms with van der Waals surface area (Å²) < 4.78 is 0. The predicted octanol–water partition coefficient (Wildman–Crippen LogP) is 3.09. The Balaban J connectivity index is 2.06. The van der Waals surface area contributed by atoms with E-state index in [9.17, 15) is 15.0 Å². The van der Waals surface area contributed by atoms with Crippen molar-refractivity contribution in [2.24, 2.45) is 5.41 Å². The van der Waals surface area contributed by atoms with Gasteiger partial charge in [0.15, 0.2) is 0 Å². The monoisotopic (exact) mass is 325 g/mol. The summed E-state index contributed by atoms with van der Waals surface area (Å²) in [6, 6.07) is 5.95. The number of aliphatic hydroxyl groups excluding tert-OH is 1. The van der Waals surface area contributed by atoms with Crippen molar-refractivity contribution < 1.29 is 15.0 Å². The van der Waals surface area contributed by atoms with Crippen molar-refractivity contribution >= 4 is 17.6 Å². The van der Waals surface area contributed by atoms with Gasteiger partial charge in [0.05, 0.1) is 11.5 Å². The first-order valence-corrected chi connectivity index (χ1v) is 8.15. The van der Waals surface area contributed by atoms with Crippen LogP contribution >= 0.6 is 11.6 Å². The summed E-state index contributed by atoms with van der Waals surface area (Å²) in [6.45, 7) is 5.66. The molecule has 122 valence electrons. The molecule has 1 aliphatic rings. The van der Waals surface area contributed by atoms with Gasteiger partial charge in [-0.05, 0) is 43.5 Å². The maximum Gasteiger partial charge on any atom is 0.312 e. The Bertz CT molecular complexity index is 549. The van der Waals surface area contributed by atoms with Crippen molar-refractivity contribution in [3.05, 3.63) is 34.3 Å². The molecule has 2 rings (SSSR count). The highest BCUT2D eigenvalue weighted by molar-refractivity contribution is 6.31. The molecule has 0 radical (unpaired) electrons. The van der Waals surface area contributed by atoms with E-state index in [-0.39, 0.29) is 0 Å². The van der Waals surface area contributed by atoms with Crippen LogP contribution in [-0.2, 0) is 11.3 Å². The number of benzene rings is 1. The van der Waals surface area contributed by atoms with Crippen LogP contribution in [0.25, 0.3) is 0 Å². The number of nitrogens with zero attached hydrogens (tertiary/aromatic N) is 1. The normalized spacial score (nSPS) is 26.1. The zero-order valence-electron chi connectivity index (χ0n) is 13.2. The summed E-state index contributed by atoms with van der Waals surface area (Å²) in [5.41, 5.74) is 1.13. The standard InChI is InChI=1S/C17H24ClNO3/c1-3-6-17(16(21)22)7-8-19(11-15(17)20)10-13-5-4-12(2)14(18)9-13/h4-5,9,15,20H,3,6-8,10-11H2,1-2H3,(H,21,22)/t15?,17-/m0/s1. The van der Waals surface area contributed by atoms with Gasteiger partial charge < -0.3 is 10.2 Å². The third kappa shape index (κ3) is 3.45. The molecule has 0 saturated carbocycles. The molecule has 2 atom stereocenters. The molecular weight excluding hydrogens is 302 g/mol. The third-order valence-corrected chi connectivity index (χ3v) is 5.11. The Labute approximate surface area is 136 Å². The van der Waals surface area contributed by atoms with E-state index >= 15 is 0 Å². The number of β-amino-alcohol motifs (C(OH)–C–C–N with tert-alkyl or cyclic N) is 1. The fourth-order valence-corrected chi connectivity index (χ4v) is 3.47. The zero-order valence-corrected chi connectivity index (χ0v) is 13.9. The van der Waals surface area contributed by atoms with Crippen LogP contribution in [0.3, 0.4) is 0 Å². The third-order valence-electron chi connectivity index (χ3n) is 4.71. The minimum atomic E-state index is -0.990. The van der Waals surface area contributed by atoms with E-state index in [2.05, 4.69) is 4.90 Å². The minimum Gasteiger partial charge on any atom is -0.481 e. The van der Waals surface area contributed by atoms with Crippen molar-refractivity contribution in [3.63, 3.8) is 0 Å². The molecule has 0 aliphatic carbocycles. The number of carbonyl (C=O) groups is 1. The molecule has 2 N–H and O–H groups in total.